The van der Waals surface area contributed by atoms with Crippen molar-refractivity contribution in [3.63, 3.8) is 0 Å². The van der Waals surface area contributed by atoms with Crippen LogP contribution in [0.15, 0.2) is 54.6 Å². The number of carbonyl (C=O) groups is 2. The first-order valence-corrected chi connectivity index (χ1v) is 9.34. The summed E-state index contributed by atoms with van der Waals surface area (Å²) in [7, 11) is 3.95. The smallest absolute Gasteiger partial charge is 0.227 e. The van der Waals surface area contributed by atoms with Crippen LogP contribution in [0, 0.1) is 0 Å². The number of nitrogens with zero attached hydrogens (tertiary/aromatic N) is 2. The summed E-state index contributed by atoms with van der Waals surface area (Å²) >= 11 is 0. The van der Waals surface area contributed by atoms with Crippen LogP contribution in [0.2, 0.25) is 0 Å². The summed E-state index contributed by atoms with van der Waals surface area (Å²) in [4.78, 5) is 28.2. The van der Waals surface area contributed by atoms with Gasteiger partial charge in [0.25, 0.3) is 0 Å². The van der Waals surface area contributed by atoms with Crippen molar-refractivity contribution >= 4 is 17.5 Å². The Hall–Kier alpha value is -2.66. The maximum absolute atomic E-state index is 12.4. The van der Waals surface area contributed by atoms with Gasteiger partial charge in [0.1, 0.15) is 0 Å². The molecule has 0 fully saturated rings. The summed E-state index contributed by atoms with van der Waals surface area (Å²) in [6.45, 7) is 3.86. The van der Waals surface area contributed by atoms with E-state index in [0.717, 1.165) is 23.4 Å². The molecule has 0 aliphatic heterocycles. The van der Waals surface area contributed by atoms with E-state index in [1.54, 1.807) is 4.90 Å². The topological polar surface area (TPSA) is 52.7 Å². The third-order valence-electron chi connectivity index (χ3n) is 4.28. The molecule has 0 aliphatic carbocycles. The second-order valence-electron chi connectivity index (χ2n) is 6.82. The van der Waals surface area contributed by atoms with Crippen LogP contribution >= 0.6 is 0 Å². The average Bonchev–Trinajstić information content (AvgIpc) is 2.67. The van der Waals surface area contributed by atoms with Crippen LogP contribution in [-0.4, -0.2) is 43.9 Å². The van der Waals surface area contributed by atoms with Crippen LogP contribution in [0.1, 0.15) is 24.5 Å². The quantitative estimate of drug-likeness (QED) is 0.741. The molecule has 5 heteroatoms. The highest BCUT2D eigenvalue weighted by atomic mass is 16.2. The number of likely N-dealkylation sites (N-methyl/N-ethyl adjacent to an activating group) is 1. The Morgan fingerprint density at radius 2 is 1.59 bits per heavy atom. The van der Waals surface area contributed by atoms with E-state index in [0.29, 0.717) is 25.9 Å². The molecule has 0 aliphatic rings. The molecule has 0 heterocycles. The van der Waals surface area contributed by atoms with E-state index in [4.69, 9.17) is 0 Å². The Labute approximate surface area is 162 Å². The summed E-state index contributed by atoms with van der Waals surface area (Å²) in [5.41, 5.74) is 2.87. The van der Waals surface area contributed by atoms with Crippen molar-refractivity contribution in [2.75, 3.05) is 32.1 Å². The van der Waals surface area contributed by atoms with Crippen LogP contribution in [0.4, 0.5) is 5.69 Å². The van der Waals surface area contributed by atoms with Gasteiger partial charge < -0.3 is 15.1 Å². The zero-order chi connectivity index (χ0) is 19.6. The number of amides is 2. The predicted molar refractivity (Wildman–Crippen MR) is 110 cm³/mol. The molecule has 1 N–H and O–H groups in total. The van der Waals surface area contributed by atoms with E-state index < -0.39 is 0 Å². The van der Waals surface area contributed by atoms with Crippen molar-refractivity contribution in [2.24, 2.45) is 0 Å². The number of rotatable bonds is 9. The van der Waals surface area contributed by atoms with Gasteiger partial charge in [-0.05, 0) is 37.4 Å². The standard InChI is InChI=1S/C22H29N3O2/c1-4-22(27)25(17-19-8-6-5-7-9-19)20-12-10-18(11-13-20)16-21(26)23-14-15-24(2)3/h5-13H,4,14-17H2,1-3H3,(H,23,26). The zero-order valence-corrected chi connectivity index (χ0v) is 16.4. The molecule has 0 radical (unpaired) electrons. The van der Waals surface area contributed by atoms with Crippen molar-refractivity contribution in [1.29, 1.82) is 0 Å². The average molecular weight is 367 g/mol. The summed E-state index contributed by atoms with van der Waals surface area (Å²) in [5, 5.41) is 2.91. The van der Waals surface area contributed by atoms with Gasteiger partial charge in [0, 0.05) is 25.2 Å². The Morgan fingerprint density at radius 3 is 2.19 bits per heavy atom. The number of anilines is 1. The van der Waals surface area contributed by atoms with Crippen LogP contribution in [-0.2, 0) is 22.6 Å². The van der Waals surface area contributed by atoms with Gasteiger partial charge in [-0.2, -0.15) is 0 Å². The lowest BCUT2D eigenvalue weighted by Crippen LogP contribution is -2.32. The van der Waals surface area contributed by atoms with Crippen molar-refractivity contribution in [3.05, 3.63) is 65.7 Å². The first-order valence-electron chi connectivity index (χ1n) is 9.34. The first-order chi connectivity index (χ1) is 13.0. The van der Waals surface area contributed by atoms with E-state index in [-0.39, 0.29) is 11.8 Å². The highest BCUT2D eigenvalue weighted by Crippen LogP contribution is 2.19. The minimum absolute atomic E-state index is 0.00961. The Bertz CT molecular complexity index is 727. The summed E-state index contributed by atoms with van der Waals surface area (Å²) in [6, 6.07) is 17.6. The maximum Gasteiger partial charge on any atom is 0.227 e. The maximum atomic E-state index is 12.4. The predicted octanol–water partition coefficient (Wildman–Crippen LogP) is 2.85. The number of nitrogens with one attached hydrogen (secondary N) is 1. The molecule has 2 rings (SSSR count). The van der Waals surface area contributed by atoms with E-state index in [2.05, 4.69) is 5.32 Å². The van der Waals surface area contributed by atoms with Crippen molar-refractivity contribution in [2.45, 2.75) is 26.3 Å². The number of hydrogen-bond acceptors (Lipinski definition) is 3. The summed E-state index contributed by atoms with van der Waals surface area (Å²) < 4.78 is 0. The monoisotopic (exact) mass is 367 g/mol. The van der Waals surface area contributed by atoms with E-state index in [1.807, 2.05) is 80.5 Å². The SMILES string of the molecule is CCC(=O)N(Cc1ccccc1)c1ccc(CC(=O)NCCN(C)C)cc1. The fourth-order valence-corrected chi connectivity index (χ4v) is 2.74. The molecule has 0 atom stereocenters. The second kappa shape index (κ2) is 10.5. The molecule has 2 amide bonds. The number of benzene rings is 2. The molecule has 0 bridgehead atoms. The lowest BCUT2D eigenvalue weighted by Gasteiger charge is -2.23. The molecular weight excluding hydrogens is 338 g/mol. The Kier molecular flexibility index (Phi) is 8.01. The minimum Gasteiger partial charge on any atom is -0.355 e. The Balaban J connectivity index is 2.01. The first kappa shape index (κ1) is 20.6. The third kappa shape index (κ3) is 6.87. The number of carbonyl (C=O) groups excluding carboxylic acids is 2. The van der Waals surface area contributed by atoms with Gasteiger partial charge in [-0.25, -0.2) is 0 Å². The van der Waals surface area contributed by atoms with Crippen LogP contribution in [0.25, 0.3) is 0 Å². The fraction of sp³-hybridized carbons (Fsp3) is 0.364. The van der Waals surface area contributed by atoms with E-state index in [1.165, 1.54) is 0 Å². The fourth-order valence-electron chi connectivity index (χ4n) is 2.74. The largest absolute Gasteiger partial charge is 0.355 e. The van der Waals surface area contributed by atoms with Crippen molar-refractivity contribution < 1.29 is 9.59 Å². The molecule has 0 saturated carbocycles. The molecule has 27 heavy (non-hydrogen) atoms. The highest BCUT2D eigenvalue weighted by Gasteiger charge is 2.14. The zero-order valence-electron chi connectivity index (χ0n) is 16.4. The second-order valence-corrected chi connectivity index (χ2v) is 6.82. The van der Waals surface area contributed by atoms with Crippen LogP contribution in [0.3, 0.4) is 0 Å². The molecule has 0 unspecified atom stereocenters. The normalized spacial score (nSPS) is 10.7. The summed E-state index contributed by atoms with van der Waals surface area (Å²) in [6.07, 6.45) is 0.789. The molecular formula is C22H29N3O2. The van der Waals surface area contributed by atoms with Crippen molar-refractivity contribution in [1.82, 2.24) is 10.2 Å². The minimum atomic E-state index is 0.00961. The van der Waals surface area contributed by atoms with E-state index in [9.17, 15) is 9.59 Å². The van der Waals surface area contributed by atoms with Gasteiger partial charge in [0.2, 0.25) is 11.8 Å². The van der Waals surface area contributed by atoms with Gasteiger partial charge in [-0.1, -0.05) is 49.4 Å². The van der Waals surface area contributed by atoms with Gasteiger partial charge in [0.05, 0.1) is 13.0 Å². The molecule has 0 saturated heterocycles. The highest BCUT2D eigenvalue weighted by molar-refractivity contribution is 5.93. The van der Waals surface area contributed by atoms with Crippen LogP contribution in [0.5, 0.6) is 0 Å². The number of hydrogen-bond donors (Lipinski definition) is 1. The Morgan fingerprint density at radius 1 is 0.926 bits per heavy atom. The lowest BCUT2D eigenvalue weighted by atomic mass is 10.1. The van der Waals surface area contributed by atoms with Crippen molar-refractivity contribution in [3.8, 4) is 0 Å². The van der Waals surface area contributed by atoms with Gasteiger partial charge in [-0.15, -0.1) is 0 Å². The van der Waals surface area contributed by atoms with Gasteiger partial charge in [-0.3, -0.25) is 9.59 Å². The summed E-state index contributed by atoms with van der Waals surface area (Å²) in [5.74, 6) is 0.0865. The van der Waals surface area contributed by atoms with Crippen LogP contribution < -0.4 is 10.2 Å². The van der Waals surface area contributed by atoms with Gasteiger partial charge >= 0.3 is 0 Å². The lowest BCUT2D eigenvalue weighted by molar-refractivity contribution is -0.120. The molecule has 5 nitrogen and oxygen atoms in total. The molecule has 2 aromatic carbocycles. The third-order valence-corrected chi connectivity index (χ3v) is 4.28. The van der Waals surface area contributed by atoms with Gasteiger partial charge in [0.15, 0.2) is 0 Å². The molecule has 0 spiro atoms. The van der Waals surface area contributed by atoms with E-state index >= 15 is 0 Å². The molecule has 2 aromatic rings. The molecule has 0 aromatic heterocycles. The molecule has 144 valence electrons.